The summed E-state index contributed by atoms with van der Waals surface area (Å²) >= 11 is 0. The van der Waals surface area contributed by atoms with Crippen LogP contribution in [-0.4, -0.2) is 38.4 Å². The number of hydrogen-bond acceptors (Lipinski definition) is 5. The van der Waals surface area contributed by atoms with Gasteiger partial charge in [0.25, 0.3) is 0 Å². The Morgan fingerprint density at radius 2 is 1.77 bits per heavy atom. The average molecular weight is 307 g/mol. The third-order valence-corrected chi connectivity index (χ3v) is 2.56. The highest BCUT2D eigenvalue weighted by Crippen LogP contribution is 2.10. The number of hydrogen-bond donors (Lipinski definition) is 1. The van der Waals surface area contributed by atoms with Gasteiger partial charge in [0.1, 0.15) is 25.6 Å². The Morgan fingerprint density at radius 3 is 2.41 bits per heavy atom. The van der Waals surface area contributed by atoms with Crippen molar-refractivity contribution < 1.29 is 23.8 Å². The van der Waals surface area contributed by atoms with Gasteiger partial charge in [0.2, 0.25) is 0 Å². The normalized spacial score (nSPS) is 9.73. The van der Waals surface area contributed by atoms with Crippen molar-refractivity contribution in [3.63, 3.8) is 0 Å². The summed E-state index contributed by atoms with van der Waals surface area (Å²) in [5.41, 5.74) is 1.46. The summed E-state index contributed by atoms with van der Waals surface area (Å²) < 4.78 is 15.1. The van der Waals surface area contributed by atoms with Gasteiger partial charge in [-0.25, -0.2) is 9.59 Å². The van der Waals surface area contributed by atoms with Crippen LogP contribution in [0.15, 0.2) is 36.4 Å². The number of aryl methyl sites for hydroxylation is 1. The minimum absolute atomic E-state index is 0.0701. The zero-order valence-electron chi connectivity index (χ0n) is 12.9. The first-order valence-electron chi connectivity index (χ1n) is 6.92. The number of carbonyl (C=O) groups is 2. The highest BCUT2D eigenvalue weighted by Gasteiger charge is 2.04. The van der Waals surface area contributed by atoms with Crippen molar-refractivity contribution >= 4 is 12.1 Å². The monoisotopic (exact) mass is 307 g/mol. The van der Waals surface area contributed by atoms with Crippen molar-refractivity contribution in [1.29, 1.82) is 0 Å². The third-order valence-electron chi connectivity index (χ3n) is 2.56. The van der Waals surface area contributed by atoms with Crippen LogP contribution in [0.5, 0.6) is 5.75 Å². The summed E-state index contributed by atoms with van der Waals surface area (Å²) in [6, 6.07) is 7.58. The first-order chi connectivity index (χ1) is 10.5. The van der Waals surface area contributed by atoms with Gasteiger partial charge >= 0.3 is 12.1 Å². The number of rotatable bonds is 8. The molecule has 0 spiro atoms. The molecule has 0 aromatic heterocycles. The van der Waals surface area contributed by atoms with Crippen LogP contribution in [0.2, 0.25) is 0 Å². The zero-order chi connectivity index (χ0) is 16.4. The van der Waals surface area contributed by atoms with Crippen molar-refractivity contribution in [1.82, 2.24) is 5.32 Å². The van der Waals surface area contributed by atoms with Crippen molar-refractivity contribution in [2.24, 2.45) is 0 Å². The lowest BCUT2D eigenvalue weighted by Gasteiger charge is -2.09. The standard InChI is InChI=1S/C16H21NO5/c1-12(2)15(18)21-9-8-17-16(19)22-11-10-20-14-6-4-13(3)5-7-14/h4-7H,1,8-11H2,2-3H3,(H,17,19). The van der Waals surface area contributed by atoms with Gasteiger partial charge in [-0.15, -0.1) is 0 Å². The van der Waals surface area contributed by atoms with Gasteiger partial charge in [0.15, 0.2) is 0 Å². The van der Waals surface area contributed by atoms with Gasteiger partial charge in [0, 0.05) is 5.57 Å². The zero-order valence-corrected chi connectivity index (χ0v) is 12.9. The fourth-order valence-electron chi connectivity index (χ4n) is 1.40. The van der Waals surface area contributed by atoms with E-state index in [2.05, 4.69) is 11.9 Å². The molecular formula is C16H21NO5. The minimum atomic E-state index is -0.584. The van der Waals surface area contributed by atoms with E-state index >= 15 is 0 Å². The number of amides is 1. The number of benzene rings is 1. The molecule has 0 bridgehead atoms. The Bertz CT molecular complexity index is 510. The van der Waals surface area contributed by atoms with Gasteiger partial charge in [-0.1, -0.05) is 24.3 Å². The first kappa shape index (κ1) is 17.6. The van der Waals surface area contributed by atoms with Crippen LogP contribution in [0.25, 0.3) is 0 Å². The van der Waals surface area contributed by atoms with Gasteiger partial charge in [-0.2, -0.15) is 0 Å². The molecule has 1 aromatic carbocycles. The van der Waals surface area contributed by atoms with E-state index in [4.69, 9.17) is 14.2 Å². The molecule has 22 heavy (non-hydrogen) atoms. The molecule has 1 amide bonds. The Labute approximate surface area is 130 Å². The summed E-state index contributed by atoms with van der Waals surface area (Å²) in [6.45, 7) is 7.64. The molecule has 0 fully saturated rings. The maximum Gasteiger partial charge on any atom is 0.407 e. The maximum atomic E-state index is 11.3. The molecule has 0 saturated heterocycles. The molecule has 1 rings (SSSR count). The van der Waals surface area contributed by atoms with E-state index in [0.717, 1.165) is 11.3 Å². The molecule has 6 nitrogen and oxygen atoms in total. The predicted octanol–water partition coefficient (Wildman–Crippen LogP) is 2.22. The van der Waals surface area contributed by atoms with E-state index in [-0.39, 0.29) is 26.4 Å². The van der Waals surface area contributed by atoms with E-state index in [1.54, 1.807) is 6.92 Å². The lowest BCUT2D eigenvalue weighted by atomic mass is 10.2. The SMILES string of the molecule is C=C(C)C(=O)OCCNC(=O)OCCOc1ccc(C)cc1. The first-order valence-corrected chi connectivity index (χ1v) is 6.92. The molecule has 0 aliphatic heterocycles. The summed E-state index contributed by atoms with van der Waals surface area (Å²) in [5.74, 6) is 0.239. The van der Waals surface area contributed by atoms with E-state index in [1.807, 2.05) is 31.2 Å². The second-order valence-corrected chi connectivity index (χ2v) is 4.64. The van der Waals surface area contributed by atoms with Gasteiger partial charge < -0.3 is 19.5 Å². The van der Waals surface area contributed by atoms with Crippen molar-refractivity contribution in [3.8, 4) is 5.75 Å². The van der Waals surface area contributed by atoms with Gasteiger partial charge in [0.05, 0.1) is 6.54 Å². The number of esters is 1. The molecule has 0 aliphatic rings. The summed E-state index contributed by atoms with van der Waals surface area (Å²) in [6.07, 6.45) is -0.584. The summed E-state index contributed by atoms with van der Waals surface area (Å²) in [4.78, 5) is 22.4. The largest absolute Gasteiger partial charge is 0.490 e. The van der Waals surface area contributed by atoms with Crippen LogP contribution in [0.4, 0.5) is 4.79 Å². The molecule has 0 aliphatic carbocycles. The number of ether oxygens (including phenoxy) is 3. The average Bonchev–Trinajstić information content (AvgIpc) is 2.49. The van der Waals surface area contributed by atoms with E-state index in [1.165, 1.54) is 0 Å². The number of carbonyl (C=O) groups excluding carboxylic acids is 2. The minimum Gasteiger partial charge on any atom is -0.490 e. The Hall–Kier alpha value is -2.50. The van der Waals surface area contributed by atoms with Crippen LogP contribution >= 0.6 is 0 Å². The molecule has 1 aromatic rings. The Kier molecular flexibility index (Phi) is 7.53. The fourth-order valence-corrected chi connectivity index (χ4v) is 1.40. The van der Waals surface area contributed by atoms with Crippen LogP contribution in [-0.2, 0) is 14.3 Å². The van der Waals surface area contributed by atoms with Gasteiger partial charge in [-0.3, -0.25) is 0 Å². The molecule has 0 atom stereocenters. The van der Waals surface area contributed by atoms with E-state index in [9.17, 15) is 9.59 Å². The molecule has 6 heteroatoms. The van der Waals surface area contributed by atoms with Crippen molar-refractivity contribution in [3.05, 3.63) is 42.0 Å². The summed E-state index contributed by atoms with van der Waals surface area (Å²) in [5, 5.41) is 2.46. The molecule has 1 N–H and O–H groups in total. The quantitative estimate of drug-likeness (QED) is 0.453. The van der Waals surface area contributed by atoms with Crippen LogP contribution in [0, 0.1) is 6.92 Å². The number of alkyl carbamates (subject to hydrolysis) is 1. The van der Waals surface area contributed by atoms with Crippen LogP contribution in [0.3, 0.4) is 0 Å². The molecule has 0 radical (unpaired) electrons. The Balaban J connectivity index is 2.05. The summed E-state index contributed by atoms with van der Waals surface area (Å²) in [7, 11) is 0. The van der Waals surface area contributed by atoms with Crippen LogP contribution < -0.4 is 10.1 Å². The van der Waals surface area contributed by atoms with Crippen molar-refractivity contribution in [2.45, 2.75) is 13.8 Å². The predicted molar refractivity (Wildman–Crippen MR) is 81.8 cm³/mol. The second-order valence-electron chi connectivity index (χ2n) is 4.64. The van der Waals surface area contributed by atoms with Crippen LogP contribution in [0.1, 0.15) is 12.5 Å². The van der Waals surface area contributed by atoms with E-state index in [0.29, 0.717) is 5.57 Å². The molecule has 0 unspecified atom stereocenters. The van der Waals surface area contributed by atoms with Gasteiger partial charge in [-0.05, 0) is 26.0 Å². The lowest BCUT2D eigenvalue weighted by Crippen LogP contribution is -2.29. The van der Waals surface area contributed by atoms with E-state index < -0.39 is 12.1 Å². The number of nitrogens with one attached hydrogen (secondary N) is 1. The van der Waals surface area contributed by atoms with Crippen molar-refractivity contribution in [2.75, 3.05) is 26.4 Å². The highest BCUT2D eigenvalue weighted by atomic mass is 16.6. The lowest BCUT2D eigenvalue weighted by molar-refractivity contribution is -0.138. The molecular weight excluding hydrogens is 286 g/mol. The third kappa shape index (κ3) is 7.33. The topological polar surface area (TPSA) is 73.9 Å². The Morgan fingerprint density at radius 1 is 1.09 bits per heavy atom. The maximum absolute atomic E-state index is 11.3. The molecule has 0 heterocycles. The second kappa shape index (κ2) is 9.44. The smallest absolute Gasteiger partial charge is 0.407 e. The highest BCUT2D eigenvalue weighted by molar-refractivity contribution is 5.86. The molecule has 120 valence electrons. The molecule has 0 saturated carbocycles. The fraction of sp³-hybridized carbons (Fsp3) is 0.375.